The van der Waals surface area contributed by atoms with Gasteiger partial charge in [-0.2, -0.15) is 5.26 Å². The highest BCUT2D eigenvalue weighted by Crippen LogP contribution is 2.14. The maximum Gasteiger partial charge on any atom is 0.0991 e. The molecular weight excluding hydrogens is 224 g/mol. The Balaban J connectivity index is 2.79. The van der Waals surface area contributed by atoms with Crippen LogP contribution in [0.1, 0.15) is 30.5 Å². The van der Waals surface area contributed by atoms with Crippen molar-refractivity contribution >= 4 is 0 Å². The Morgan fingerprint density at radius 2 is 2.17 bits per heavy atom. The Hall–Kier alpha value is -1.37. The quantitative estimate of drug-likeness (QED) is 0.774. The van der Waals surface area contributed by atoms with E-state index in [1.165, 1.54) is 11.1 Å². The van der Waals surface area contributed by atoms with E-state index in [4.69, 9.17) is 10.00 Å². The normalized spacial score (nSPS) is 12.4. The first-order valence-electron chi connectivity index (χ1n) is 6.35. The number of hydrogen-bond acceptors (Lipinski definition) is 3. The molecule has 98 valence electrons. The fraction of sp³-hybridized carbons (Fsp3) is 0.533. The van der Waals surface area contributed by atoms with Crippen molar-refractivity contribution in [3.63, 3.8) is 0 Å². The van der Waals surface area contributed by atoms with Crippen molar-refractivity contribution in [3.05, 3.63) is 34.9 Å². The Labute approximate surface area is 110 Å². The molecule has 0 saturated carbocycles. The topological polar surface area (TPSA) is 36.3 Å². The van der Waals surface area contributed by atoms with E-state index in [1.54, 1.807) is 7.11 Å². The lowest BCUT2D eigenvalue weighted by atomic mass is 10.0. The van der Waals surface area contributed by atoms with E-state index in [9.17, 15) is 0 Å². The number of benzene rings is 1. The molecule has 0 aliphatic rings. The number of nitrogens with zero attached hydrogens (tertiary/aromatic N) is 2. The van der Waals surface area contributed by atoms with Crippen LogP contribution >= 0.6 is 0 Å². The summed E-state index contributed by atoms with van der Waals surface area (Å²) in [6, 6.07) is 8.46. The first-order valence-corrected chi connectivity index (χ1v) is 6.35. The molecule has 0 aromatic heterocycles. The Morgan fingerprint density at radius 1 is 1.44 bits per heavy atom. The van der Waals surface area contributed by atoms with Crippen LogP contribution in [0.15, 0.2) is 18.2 Å². The van der Waals surface area contributed by atoms with Gasteiger partial charge in [-0.25, -0.2) is 0 Å². The van der Waals surface area contributed by atoms with E-state index in [0.29, 0.717) is 6.04 Å². The third-order valence-electron chi connectivity index (χ3n) is 3.28. The lowest BCUT2D eigenvalue weighted by molar-refractivity contribution is 0.0981. The summed E-state index contributed by atoms with van der Waals surface area (Å²) in [7, 11) is 1.73. The van der Waals surface area contributed by atoms with Crippen LogP contribution in [0.25, 0.3) is 0 Å². The average molecular weight is 246 g/mol. The molecule has 18 heavy (non-hydrogen) atoms. The van der Waals surface area contributed by atoms with Gasteiger partial charge in [-0.3, -0.25) is 4.90 Å². The molecule has 3 nitrogen and oxygen atoms in total. The van der Waals surface area contributed by atoms with Crippen molar-refractivity contribution in [3.8, 4) is 6.07 Å². The van der Waals surface area contributed by atoms with Crippen molar-refractivity contribution in [2.75, 3.05) is 20.3 Å². The van der Waals surface area contributed by atoms with E-state index >= 15 is 0 Å². The zero-order valence-corrected chi connectivity index (χ0v) is 11.7. The minimum absolute atomic E-state index is 0.398. The number of rotatable bonds is 6. The highest BCUT2D eigenvalue weighted by atomic mass is 16.5. The first-order chi connectivity index (χ1) is 8.62. The smallest absolute Gasteiger partial charge is 0.0991 e. The van der Waals surface area contributed by atoms with Crippen molar-refractivity contribution < 1.29 is 4.74 Å². The number of methoxy groups -OCH3 is 1. The first kappa shape index (κ1) is 14.7. The molecule has 0 fully saturated rings. The van der Waals surface area contributed by atoms with Gasteiger partial charge < -0.3 is 4.74 Å². The fourth-order valence-corrected chi connectivity index (χ4v) is 2.09. The summed E-state index contributed by atoms with van der Waals surface area (Å²) in [6.45, 7) is 9.02. The highest BCUT2D eigenvalue weighted by molar-refractivity contribution is 5.37. The third-order valence-corrected chi connectivity index (χ3v) is 3.28. The SMILES string of the molecule is CCN(Cc1ccc(C#N)cc1C)C(C)COC. The van der Waals surface area contributed by atoms with Crippen LogP contribution in [0.2, 0.25) is 0 Å². The molecule has 0 bridgehead atoms. The van der Waals surface area contributed by atoms with Crippen LogP contribution in [0.4, 0.5) is 0 Å². The van der Waals surface area contributed by atoms with Crippen molar-refractivity contribution in [1.82, 2.24) is 4.90 Å². The predicted molar refractivity (Wildman–Crippen MR) is 73.3 cm³/mol. The van der Waals surface area contributed by atoms with Crippen molar-refractivity contribution in [2.45, 2.75) is 33.4 Å². The molecule has 1 atom stereocenters. The van der Waals surface area contributed by atoms with Crippen LogP contribution in [-0.4, -0.2) is 31.2 Å². The molecule has 0 amide bonds. The molecule has 1 unspecified atom stereocenters. The average Bonchev–Trinajstić information content (AvgIpc) is 2.37. The molecule has 1 rings (SSSR count). The zero-order chi connectivity index (χ0) is 13.5. The molecule has 0 N–H and O–H groups in total. The largest absolute Gasteiger partial charge is 0.383 e. The van der Waals surface area contributed by atoms with Crippen LogP contribution < -0.4 is 0 Å². The standard InChI is InChI=1S/C15H22N2O/c1-5-17(13(3)11-18-4)10-15-7-6-14(9-16)8-12(15)2/h6-8,13H,5,10-11H2,1-4H3. The van der Waals surface area contributed by atoms with Crippen LogP contribution in [0.3, 0.4) is 0 Å². The second-order valence-corrected chi connectivity index (χ2v) is 4.62. The third kappa shape index (κ3) is 3.83. The molecule has 0 spiro atoms. The van der Waals surface area contributed by atoms with E-state index in [2.05, 4.69) is 37.8 Å². The summed E-state index contributed by atoms with van der Waals surface area (Å²) in [4.78, 5) is 2.37. The van der Waals surface area contributed by atoms with Gasteiger partial charge in [0.2, 0.25) is 0 Å². The molecule has 0 radical (unpaired) electrons. The fourth-order valence-electron chi connectivity index (χ4n) is 2.09. The van der Waals surface area contributed by atoms with Gasteiger partial charge in [0.1, 0.15) is 0 Å². The minimum atomic E-state index is 0.398. The molecule has 3 heteroatoms. The van der Waals surface area contributed by atoms with E-state index < -0.39 is 0 Å². The van der Waals surface area contributed by atoms with Gasteiger partial charge in [0.15, 0.2) is 0 Å². The van der Waals surface area contributed by atoms with E-state index in [1.807, 2.05) is 12.1 Å². The summed E-state index contributed by atoms with van der Waals surface area (Å²) in [5, 5.41) is 8.86. The van der Waals surface area contributed by atoms with Gasteiger partial charge in [-0.05, 0) is 43.7 Å². The van der Waals surface area contributed by atoms with E-state index in [-0.39, 0.29) is 0 Å². The Bertz CT molecular complexity index is 423. The molecule has 1 aromatic carbocycles. The maximum atomic E-state index is 8.86. The van der Waals surface area contributed by atoms with Crippen LogP contribution in [0.5, 0.6) is 0 Å². The van der Waals surface area contributed by atoms with Gasteiger partial charge in [-0.1, -0.05) is 13.0 Å². The Kier molecular flexibility index (Phi) is 5.84. The van der Waals surface area contributed by atoms with Gasteiger partial charge in [-0.15, -0.1) is 0 Å². The Morgan fingerprint density at radius 3 is 2.67 bits per heavy atom. The van der Waals surface area contributed by atoms with Crippen molar-refractivity contribution in [1.29, 1.82) is 5.26 Å². The molecule has 0 aliphatic carbocycles. The predicted octanol–water partition coefficient (Wildman–Crippen LogP) is 2.72. The monoisotopic (exact) mass is 246 g/mol. The number of nitriles is 1. The molecule has 0 aliphatic heterocycles. The van der Waals surface area contributed by atoms with E-state index in [0.717, 1.165) is 25.3 Å². The zero-order valence-electron chi connectivity index (χ0n) is 11.7. The summed E-state index contributed by atoms with van der Waals surface area (Å²) in [6.07, 6.45) is 0. The number of hydrogen-bond donors (Lipinski definition) is 0. The minimum Gasteiger partial charge on any atom is -0.383 e. The summed E-state index contributed by atoms with van der Waals surface area (Å²) >= 11 is 0. The number of ether oxygens (including phenoxy) is 1. The second kappa shape index (κ2) is 7.15. The number of likely N-dealkylation sites (N-methyl/N-ethyl adjacent to an activating group) is 1. The molecule has 1 aromatic rings. The molecular formula is C15H22N2O. The van der Waals surface area contributed by atoms with Crippen molar-refractivity contribution in [2.24, 2.45) is 0 Å². The van der Waals surface area contributed by atoms with Gasteiger partial charge in [0.05, 0.1) is 18.2 Å². The lowest BCUT2D eigenvalue weighted by Crippen LogP contribution is -2.35. The molecule has 0 saturated heterocycles. The van der Waals surface area contributed by atoms with Gasteiger partial charge >= 0.3 is 0 Å². The number of aryl methyl sites for hydroxylation is 1. The lowest BCUT2D eigenvalue weighted by Gasteiger charge is -2.28. The van der Waals surface area contributed by atoms with Gasteiger partial charge in [0, 0.05) is 19.7 Å². The highest BCUT2D eigenvalue weighted by Gasteiger charge is 2.13. The maximum absolute atomic E-state index is 8.86. The second-order valence-electron chi connectivity index (χ2n) is 4.62. The summed E-state index contributed by atoms with van der Waals surface area (Å²) in [5.74, 6) is 0. The van der Waals surface area contributed by atoms with Gasteiger partial charge in [0.25, 0.3) is 0 Å². The van der Waals surface area contributed by atoms with Crippen LogP contribution in [-0.2, 0) is 11.3 Å². The summed E-state index contributed by atoms with van der Waals surface area (Å²) < 4.78 is 5.21. The summed E-state index contributed by atoms with van der Waals surface area (Å²) in [5.41, 5.74) is 3.18. The van der Waals surface area contributed by atoms with Crippen LogP contribution in [0, 0.1) is 18.3 Å². The molecule has 0 heterocycles.